The second-order valence-electron chi connectivity index (χ2n) is 2.85. The molecule has 14 heavy (non-hydrogen) atoms. The maximum atomic E-state index is 5.53. The van der Waals surface area contributed by atoms with Gasteiger partial charge in [0.2, 0.25) is 0 Å². The second kappa shape index (κ2) is 4.25. The first kappa shape index (κ1) is 9.22. The van der Waals surface area contributed by atoms with Crippen LogP contribution in [0.4, 0.5) is 0 Å². The van der Waals surface area contributed by atoms with Gasteiger partial charge in [0.1, 0.15) is 18.2 Å². The molecule has 0 aliphatic heterocycles. The average molecular weight is 206 g/mol. The fourth-order valence-electron chi connectivity index (χ4n) is 1.12. The van der Waals surface area contributed by atoms with Crippen molar-refractivity contribution in [3.8, 4) is 5.75 Å². The van der Waals surface area contributed by atoms with Crippen LogP contribution in [0.5, 0.6) is 5.75 Å². The van der Waals surface area contributed by atoms with Crippen LogP contribution in [0.25, 0.3) is 0 Å². The van der Waals surface area contributed by atoms with Crippen molar-refractivity contribution in [2.75, 3.05) is 0 Å². The van der Waals surface area contributed by atoms with Crippen molar-refractivity contribution in [1.29, 1.82) is 0 Å². The van der Waals surface area contributed by atoms with Crippen LogP contribution in [0.1, 0.15) is 5.82 Å². The van der Waals surface area contributed by atoms with E-state index in [1.54, 1.807) is 6.20 Å². The van der Waals surface area contributed by atoms with Crippen LogP contribution in [0.2, 0.25) is 0 Å². The smallest absolute Gasteiger partial charge is 0.149 e. The highest BCUT2D eigenvalue weighted by Gasteiger charge is 1.99. The lowest BCUT2D eigenvalue weighted by atomic mass is 10.3. The highest BCUT2D eigenvalue weighted by Crippen LogP contribution is 2.11. The fraction of sp³-hybridized carbons (Fsp3) is 0.100. The molecular formula is C10H11N2OP. The molecule has 0 saturated carbocycles. The third-order valence-corrected chi connectivity index (χ3v) is 2.33. The number of aromatic nitrogens is 2. The summed E-state index contributed by atoms with van der Waals surface area (Å²) >= 11 is 0. The van der Waals surface area contributed by atoms with Gasteiger partial charge >= 0.3 is 0 Å². The van der Waals surface area contributed by atoms with Crippen LogP contribution in [0.3, 0.4) is 0 Å². The molecule has 3 nitrogen and oxygen atoms in total. The van der Waals surface area contributed by atoms with Crippen molar-refractivity contribution in [3.63, 3.8) is 0 Å². The zero-order chi connectivity index (χ0) is 9.80. The average Bonchev–Trinajstić information content (AvgIpc) is 2.63. The van der Waals surface area contributed by atoms with E-state index < -0.39 is 0 Å². The summed E-state index contributed by atoms with van der Waals surface area (Å²) in [5.41, 5.74) is 0. The largest absolute Gasteiger partial charge is 0.486 e. The first-order valence-corrected chi connectivity index (χ1v) is 4.83. The van der Waals surface area contributed by atoms with E-state index in [0.29, 0.717) is 6.61 Å². The highest BCUT2D eigenvalue weighted by atomic mass is 31.0. The molecule has 0 aliphatic carbocycles. The summed E-state index contributed by atoms with van der Waals surface area (Å²) in [4.78, 5) is 4.15. The normalized spacial score (nSPS) is 10.1. The van der Waals surface area contributed by atoms with Gasteiger partial charge in [-0.1, -0.05) is 18.2 Å². The molecule has 4 heteroatoms. The van der Waals surface area contributed by atoms with Crippen LogP contribution in [0, 0.1) is 0 Å². The Bertz CT molecular complexity index is 400. The predicted molar refractivity (Wildman–Crippen MR) is 58.1 cm³/mol. The highest BCUT2D eigenvalue weighted by molar-refractivity contribution is 7.14. The lowest BCUT2D eigenvalue weighted by Crippen LogP contribution is -1.99. The Morgan fingerprint density at radius 2 is 2.07 bits per heavy atom. The summed E-state index contributed by atoms with van der Waals surface area (Å²) in [5, 5.41) is 0. The molecule has 1 aromatic carbocycles. The Morgan fingerprint density at radius 1 is 1.29 bits per heavy atom. The minimum Gasteiger partial charge on any atom is -0.486 e. The quantitative estimate of drug-likeness (QED) is 0.719. The molecule has 0 fully saturated rings. The molecule has 0 bridgehead atoms. The summed E-state index contributed by atoms with van der Waals surface area (Å²) in [6.07, 6.45) is 3.62. The van der Waals surface area contributed by atoms with Gasteiger partial charge in [-0.2, -0.15) is 0 Å². The molecule has 2 aromatic rings. The zero-order valence-electron chi connectivity index (χ0n) is 7.63. The van der Waals surface area contributed by atoms with Gasteiger partial charge in [0.15, 0.2) is 0 Å². The van der Waals surface area contributed by atoms with E-state index in [1.165, 1.54) is 0 Å². The van der Waals surface area contributed by atoms with Crippen molar-refractivity contribution in [1.82, 2.24) is 9.32 Å². The van der Waals surface area contributed by atoms with Crippen LogP contribution in [-0.2, 0) is 6.61 Å². The van der Waals surface area contributed by atoms with Crippen molar-refractivity contribution in [2.24, 2.45) is 0 Å². The summed E-state index contributed by atoms with van der Waals surface area (Å²) in [6, 6.07) is 9.71. The monoisotopic (exact) mass is 206 g/mol. The van der Waals surface area contributed by atoms with E-state index in [4.69, 9.17) is 4.74 Å². The Balaban J connectivity index is 1.99. The van der Waals surface area contributed by atoms with Crippen molar-refractivity contribution in [3.05, 3.63) is 48.5 Å². The van der Waals surface area contributed by atoms with E-state index in [2.05, 4.69) is 14.4 Å². The molecule has 2 rings (SSSR count). The van der Waals surface area contributed by atoms with E-state index >= 15 is 0 Å². The van der Waals surface area contributed by atoms with Gasteiger partial charge in [-0.3, -0.25) is 0 Å². The van der Waals surface area contributed by atoms with Crippen LogP contribution >= 0.6 is 9.39 Å². The van der Waals surface area contributed by atoms with Gasteiger partial charge < -0.3 is 9.07 Å². The molecule has 0 radical (unpaired) electrons. The van der Waals surface area contributed by atoms with Gasteiger partial charge in [0.05, 0.1) is 0 Å². The van der Waals surface area contributed by atoms with Crippen molar-refractivity contribution >= 4 is 9.39 Å². The number of ether oxygens (including phenoxy) is 1. The van der Waals surface area contributed by atoms with Gasteiger partial charge in [0.25, 0.3) is 0 Å². The van der Waals surface area contributed by atoms with Crippen molar-refractivity contribution < 1.29 is 4.74 Å². The van der Waals surface area contributed by atoms with Gasteiger partial charge in [-0.25, -0.2) is 4.98 Å². The van der Waals surface area contributed by atoms with E-state index in [-0.39, 0.29) is 0 Å². The van der Waals surface area contributed by atoms with E-state index in [0.717, 1.165) is 11.6 Å². The Hall–Kier alpha value is -1.34. The second-order valence-corrected chi connectivity index (χ2v) is 3.41. The standard InChI is InChI=1S/C10H11N2OP/c14-12-7-6-11-10(12)8-13-9-4-2-1-3-5-9/h1-7H,8,14H2. The SMILES string of the molecule is Pn1ccnc1COc1ccccc1. The summed E-state index contributed by atoms with van der Waals surface area (Å²) in [6.45, 7) is 0.487. The topological polar surface area (TPSA) is 27.1 Å². The van der Waals surface area contributed by atoms with Crippen LogP contribution in [0.15, 0.2) is 42.7 Å². The maximum Gasteiger partial charge on any atom is 0.149 e. The lowest BCUT2D eigenvalue weighted by molar-refractivity contribution is 0.296. The maximum absolute atomic E-state index is 5.53. The molecular weight excluding hydrogens is 195 g/mol. The number of rotatable bonds is 3. The summed E-state index contributed by atoms with van der Waals surface area (Å²) in [7, 11) is 2.56. The van der Waals surface area contributed by atoms with Gasteiger partial charge in [-0.15, -0.1) is 0 Å². The molecule has 1 aromatic heterocycles. The third kappa shape index (κ3) is 2.12. The lowest BCUT2D eigenvalue weighted by Gasteiger charge is -2.05. The minimum absolute atomic E-state index is 0.487. The number of benzene rings is 1. The zero-order valence-corrected chi connectivity index (χ0v) is 8.78. The first-order chi connectivity index (χ1) is 6.86. The molecule has 1 unspecified atom stereocenters. The Morgan fingerprint density at radius 3 is 2.71 bits per heavy atom. The van der Waals surface area contributed by atoms with Gasteiger partial charge in [0, 0.05) is 12.4 Å². The molecule has 0 amide bonds. The van der Waals surface area contributed by atoms with Gasteiger partial charge in [-0.05, 0) is 21.5 Å². The fourth-order valence-corrected chi connectivity index (χ4v) is 1.34. The van der Waals surface area contributed by atoms with Crippen LogP contribution in [-0.4, -0.2) is 9.32 Å². The number of imidazole rings is 1. The number of hydrogen-bond acceptors (Lipinski definition) is 2. The van der Waals surface area contributed by atoms with Crippen molar-refractivity contribution in [2.45, 2.75) is 6.61 Å². The first-order valence-electron chi connectivity index (χ1n) is 4.31. The molecule has 0 saturated heterocycles. The predicted octanol–water partition coefficient (Wildman–Crippen LogP) is 2.10. The Labute approximate surface area is 85.0 Å². The molecule has 0 aliphatic rings. The number of hydrogen-bond donors (Lipinski definition) is 0. The number of nitrogens with zero attached hydrogens (tertiary/aromatic N) is 2. The summed E-state index contributed by atoms with van der Waals surface area (Å²) in [5.74, 6) is 1.75. The van der Waals surface area contributed by atoms with E-state index in [1.807, 2.05) is 40.9 Å². The molecule has 0 spiro atoms. The molecule has 0 N–H and O–H groups in total. The Kier molecular flexibility index (Phi) is 2.80. The molecule has 1 heterocycles. The van der Waals surface area contributed by atoms with Crippen LogP contribution < -0.4 is 4.74 Å². The van der Waals surface area contributed by atoms with E-state index in [9.17, 15) is 0 Å². The molecule has 1 atom stereocenters. The number of para-hydroxylation sites is 1. The molecule has 72 valence electrons. The third-order valence-electron chi connectivity index (χ3n) is 1.86. The summed E-state index contributed by atoms with van der Waals surface area (Å²) < 4.78 is 7.40. The minimum atomic E-state index is 0.487.